The van der Waals surface area contributed by atoms with Crippen LogP contribution in [0.2, 0.25) is 0 Å². The van der Waals surface area contributed by atoms with E-state index < -0.39 is 0 Å². The molecule has 27 heavy (non-hydrogen) atoms. The first-order valence-electron chi connectivity index (χ1n) is 9.09. The van der Waals surface area contributed by atoms with Crippen molar-refractivity contribution in [3.63, 3.8) is 0 Å². The van der Waals surface area contributed by atoms with Crippen molar-refractivity contribution in [2.24, 2.45) is 10.7 Å². The number of hydrogen-bond acceptors (Lipinski definition) is 2. The van der Waals surface area contributed by atoms with Crippen molar-refractivity contribution in [1.29, 1.82) is 0 Å². The Labute approximate surface area is 177 Å². The zero-order valence-corrected chi connectivity index (χ0v) is 17.7. The van der Waals surface area contributed by atoms with Crippen LogP contribution in [0, 0.1) is 5.82 Å². The van der Waals surface area contributed by atoms with Crippen LogP contribution in [0.25, 0.3) is 0 Å². The lowest BCUT2D eigenvalue weighted by molar-refractivity contribution is 0.0531. The molecular weight excluding hydrogens is 456 g/mol. The van der Waals surface area contributed by atoms with E-state index in [1.807, 2.05) is 30.3 Å². The quantitative estimate of drug-likeness (QED) is 0.375. The van der Waals surface area contributed by atoms with Crippen LogP contribution in [0.5, 0.6) is 0 Å². The van der Waals surface area contributed by atoms with E-state index in [4.69, 9.17) is 10.5 Å². The second-order valence-corrected chi connectivity index (χ2v) is 6.76. The van der Waals surface area contributed by atoms with E-state index in [9.17, 15) is 4.39 Å². The predicted molar refractivity (Wildman–Crippen MR) is 118 cm³/mol. The summed E-state index contributed by atoms with van der Waals surface area (Å²) in [5.41, 5.74) is 8.29. The zero-order valence-electron chi connectivity index (χ0n) is 15.4. The monoisotopic (exact) mass is 483 g/mol. The molecule has 0 aliphatic carbocycles. The van der Waals surface area contributed by atoms with E-state index in [-0.39, 0.29) is 35.2 Å². The minimum absolute atomic E-state index is 0. The lowest BCUT2D eigenvalue weighted by atomic mass is 9.74. The zero-order chi connectivity index (χ0) is 18.2. The fraction of sp³-hybridized carbons (Fsp3) is 0.381. The van der Waals surface area contributed by atoms with Gasteiger partial charge in [-0.2, -0.15) is 0 Å². The number of benzene rings is 2. The van der Waals surface area contributed by atoms with Crippen molar-refractivity contribution in [2.75, 3.05) is 26.3 Å². The summed E-state index contributed by atoms with van der Waals surface area (Å²) in [6.45, 7) is 2.70. The van der Waals surface area contributed by atoms with E-state index in [1.54, 1.807) is 0 Å². The van der Waals surface area contributed by atoms with Crippen LogP contribution in [0.3, 0.4) is 0 Å². The second-order valence-electron chi connectivity index (χ2n) is 6.76. The molecule has 0 bridgehead atoms. The first-order chi connectivity index (χ1) is 12.7. The summed E-state index contributed by atoms with van der Waals surface area (Å²) in [5.74, 6) is 0.232. The molecule has 6 heteroatoms. The largest absolute Gasteiger partial charge is 0.381 e. The van der Waals surface area contributed by atoms with Gasteiger partial charge >= 0.3 is 0 Å². The van der Waals surface area contributed by atoms with Crippen LogP contribution in [0.15, 0.2) is 59.6 Å². The molecule has 0 amide bonds. The van der Waals surface area contributed by atoms with E-state index in [2.05, 4.69) is 22.4 Å². The predicted octanol–water partition coefficient (Wildman–Crippen LogP) is 3.64. The molecule has 0 aromatic heterocycles. The van der Waals surface area contributed by atoms with E-state index in [0.717, 1.165) is 31.4 Å². The summed E-state index contributed by atoms with van der Waals surface area (Å²) in [4.78, 5) is 4.58. The molecule has 0 spiro atoms. The van der Waals surface area contributed by atoms with Crippen LogP contribution in [-0.2, 0) is 16.6 Å². The number of nitrogens with one attached hydrogen (secondary N) is 1. The third-order valence-electron chi connectivity index (χ3n) is 5.02. The number of rotatable bonds is 6. The summed E-state index contributed by atoms with van der Waals surface area (Å²) in [6.07, 6.45) is 2.62. The minimum atomic E-state index is -0.221. The van der Waals surface area contributed by atoms with Gasteiger partial charge in [-0.25, -0.2) is 4.39 Å². The SMILES string of the molecule is I.NC(=NCC1(c2ccc(F)cc2)CCOCC1)NCCc1ccccc1. The average molecular weight is 483 g/mol. The van der Waals surface area contributed by atoms with Crippen molar-refractivity contribution >= 4 is 29.9 Å². The highest BCUT2D eigenvalue weighted by Gasteiger charge is 2.34. The molecule has 3 N–H and O–H groups in total. The molecule has 2 aromatic rings. The van der Waals surface area contributed by atoms with Gasteiger partial charge < -0.3 is 15.8 Å². The summed E-state index contributed by atoms with van der Waals surface area (Å²) >= 11 is 0. The number of guanidine groups is 1. The van der Waals surface area contributed by atoms with Gasteiger partial charge in [0.25, 0.3) is 0 Å². The lowest BCUT2D eigenvalue weighted by Crippen LogP contribution is -2.39. The number of nitrogens with zero attached hydrogens (tertiary/aromatic N) is 1. The molecule has 0 radical (unpaired) electrons. The standard InChI is InChI=1S/C21H26FN3O.HI/c22-19-8-6-18(7-9-19)21(11-14-26-15-12-21)16-25-20(23)24-13-10-17-4-2-1-3-5-17;/h1-9H,10-16H2,(H3,23,24,25);1H. The molecule has 0 saturated carbocycles. The lowest BCUT2D eigenvalue weighted by Gasteiger charge is -2.36. The first kappa shape index (κ1) is 21.6. The highest BCUT2D eigenvalue weighted by molar-refractivity contribution is 14.0. The summed E-state index contributed by atoms with van der Waals surface area (Å²) < 4.78 is 18.8. The number of nitrogens with two attached hydrogens (primary N) is 1. The maximum absolute atomic E-state index is 13.3. The van der Waals surface area contributed by atoms with Gasteiger partial charge in [-0.15, -0.1) is 24.0 Å². The van der Waals surface area contributed by atoms with Crippen LogP contribution in [0.1, 0.15) is 24.0 Å². The molecule has 1 heterocycles. The number of aliphatic imine (C=N–C) groups is 1. The van der Waals surface area contributed by atoms with Gasteiger partial charge in [-0.1, -0.05) is 42.5 Å². The van der Waals surface area contributed by atoms with Gasteiger partial charge in [0, 0.05) is 25.2 Å². The third kappa shape index (κ3) is 6.17. The molecule has 1 aliphatic rings. The Hall–Kier alpha value is -1.67. The van der Waals surface area contributed by atoms with Crippen LogP contribution in [-0.4, -0.2) is 32.3 Å². The fourth-order valence-electron chi connectivity index (χ4n) is 3.38. The van der Waals surface area contributed by atoms with Crippen molar-refractivity contribution in [3.05, 3.63) is 71.5 Å². The Morgan fingerprint density at radius 2 is 1.74 bits per heavy atom. The van der Waals surface area contributed by atoms with E-state index >= 15 is 0 Å². The van der Waals surface area contributed by atoms with Gasteiger partial charge in [-0.05, 0) is 42.5 Å². The summed E-state index contributed by atoms with van der Waals surface area (Å²) in [7, 11) is 0. The number of ether oxygens (including phenoxy) is 1. The molecule has 2 aromatic carbocycles. The van der Waals surface area contributed by atoms with Gasteiger partial charge in [-0.3, -0.25) is 4.99 Å². The highest BCUT2D eigenvalue weighted by atomic mass is 127. The number of hydrogen-bond donors (Lipinski definition) is 2. The first-order valence-corrected chi connectivity index (χ1v) is 9.09. The van der Waals surface area contributed by atoms with E-state index in [1.165, 1.54) is 17.7 Å². The average Bonchev–Trinajstić information content (AvgIpc) is 2.68. The maximum Gasteiger partial charge on any atom is 0.188 e. The Morgan fingerprint density at radius 3 is 2.41 bits per heavy atom. The van der Waals surface area contributed by atoms with E-state index in [0.29, 0.717) is 25.7 Å². The van der Waals surface area contributed by atoms with Crippen molar-refractivity contribution < 1.29 is 9.13 Å². The van der Waals surface area contributed by atoms with Crippen molar-refractivity contribution in [1.82, 2.24) is 5.32 Å². The molecule has 3 rings (SSSR count). The summed E-state index contributed by atoms with van der Waals surface area (Å²) in [6, 6.07) is 17.0. The Balaban J connectivity index is 0.00000261. The molecular formula is C21H27FIN3O. The summed E-state index contributed by atoms with van der Waals surface area (Å²) in [5, 5.41) is 3.19. The van der Waals surface area contributed by atoms with Gasteiger partial charge in [0.2, 0.25) is 0 Å². The molecule has 4 nitrogen and oxygen atoms in total. The van der Waals surface area contributed by atoms with Crippen LogP contribution in [0.4, 0.5) is 4.39 Å². The van der Waals surface area contributed by atoms with Gasteiger partial charge in [0.1, 0.15) is 5.82 Å². The molecule has 0 unspecified atom stereocenters. The highest BCUT2D eigenvalue weighted by Crippen LogP contribution is 2.35. The van der Waals surface area contributed by atoms with Crippen LogP contribution >= 0.6 is 24.0 Å². The fourth-order valence-corrected chi connectivity index (χ4v) is 3.38. The molecule has 0 atom stereocenters. The third-order valence-corrected chi connectivity index (χ3v) is 5.02. The maximum atomic E-state index is 13.3. The molecule has 1 aliphatic heterocycles. The Bertz CT molecular complexity index is 716. The second kappa shape index (κ2) is 10.6. The molecule has 1 fully saturated rings. The van der Waals surface area contributed by atoms with Crippen molar-refractivity contribution in [2.45, 2.75) is 24.7 Å². The normalized spacial score (nSPS) is 16.4. The topological polar surface area (TPSA) is 59.6 Å². The van der Waals surface area contributed by atoms with Crippen LogP contribution < -0.4 is 11.1 Å². The molecule has 146 valence electrons. The van der Waals surface area contributed by atoms with Gasteiger partial charge in [0.15, 0.2) is 5.96 Å². The Kier molecular flexibility index (Phi) is 8.50. The smallest absolute Gasteiger partial charge is 0.188 e. The van der Waals surface area contributed by atoms with Crippen molar-refractivity contribution in [3.8, 4) is 0 Å². The number of halogens is 2. The Morgan fingerprint density at radius 1 is 1.07 bits per heavy atom. The molecule has 1 saturated heterocycles. The minimum Gasteiger partial charge on any atom is -0.381 e. The van der Waals surface area contributed by atoms with Gasteiger partial charge in [0.05, 0.1) is 6.54 Å².